The summed E-state index contributed by atoms with van der Waals surface area (Å²) in [5.41, 5.74) is 0. The van der Waals surface area contributed by atoms with Crippen LogP contribution in [0.3, 0.4) is 0 Å². The topological polar surface area (TPSA) is 53.7 Å². The van der Waals surface area contributed by atoms with Crippen LogP contribution in [0.5, 0.6) is 0 Å². The number of carboxylic acids is 1. The van der Waals surface area contributed by atoms with Gasteiger partial charge >= 0.3 is 5.97 Å². The van der Waals surface area contributed by atoms with Crippen LogP contribution in [0.2, 0.25) is 0 Å². The third-order valence-electron chi connectivity index (χ3n) is 2.55. The second-order valence-corrected chi connectivity index (χ2v) is 5.42. The molecule has 1 N–H and O–H groups in total. The molecule has 0 aliphatic carbocycles. The monoisotopic (exact) mass is 367 g/mol. The third kappa shape index (κ3) is 4.44. The van der Waals surface area contributed by atoms with Gasteiger partial charge in [0.05, 0.1) is 17.4 Å². The van der Waals surface area contributed by atoms with Crippen LogP contribution in [-0.4, -0.2) is 28.6 Å². The summed E-state index contributed by atoms with van der Waals surface area (Å²) in [6.45, 7) is 5.30. The number of hydrogen-bond donors (Lipinski definition) is 1. The average Bonchev–Trinajstić information content (AvgIpc) is 2.53. The van der Waals surface area contributed by atoms with E-state index in [0.29, 0.717) is 11.2 Å². The minimum atomic E-state index is -0.780. The molecule has 0 aromatic carbocycles. The Bertz CT molecular complexity index is 373. The fourth-order valence-corrected chi connectivity index (χ4v) is 2.29. The van der Waals surface area contributed by atoms with Gasteiger partial charge in [0, 0.05) is 6.04 Å². The maximum Gasteiger partial charge on any atom is 0.304 e. The van der Waals surface area contributed by atoms with Gasteiger partial charge in [-0.2, -0.15) is 0 Å². The highest BCUT2D eigenvalue weighted by Crippen LogP contribution is 2.27. The van der Waals surface area contributed by atoms with Gasteiger partial charge in [-0.3, -0.25) is 9.69 Å². The van der Waals surface area contributed by atoms with Crippen LogP contribution in [0, 0.1) is 0 Å². The van der Waals surface area contributed by atoms with E-state index in [1.165, 1.54) is 0 Å². The predicted octanol–water partition coefficient (Wildman–Crippen LogP) is 3.49. The number of hydrogen-bond acceptors (Lipinski definition) is 3. The molecule has 0 amide bonds. The van der Waals surface area contributed by atoms with Crippen molar-refractivity contribution in [2.45, 2.75) is 32.9 Å². The van der Waals surface area contributed by atoms with Crippen molar-refractivity contribution in [1.82, 2.24) is 4.90 Å². The summed E-state index contributed by atoms with van der Waals surface area (Å²) in [6, 6.07) is 1.88. The maximum absolute atomic E-state index is 10.7. The second-order valence-electron chi connectivity index (χ2n) is 3.84. The molecule has 1 rings (SSSR count). The Morgan fingerprint density at radius 2 is 2.24 bits per heavy atom. The van der Waals surface area contributed by atoms with Crippen LogP contribution >= 0.6 is 31.9 Å². The molecule has 1 atom stereocenters. The minimum Gasteiger partial charge on any atom is -0.481 e. The quantitative estimate of drug-likeness (QED) is 0.834. The Balaban J connectivity index is 2.66. The average molecular weight is 369 g/mol. The first-order valence-corrected chi connectivity index (χ1v) is 6.92. The Labute approximate surface area is 117 Å². The Kier molecular flexibility index (Phi) is 5.69. The standard InChI is InChI=1S/C11H15Br2NO3/c1-3-14(7(2)4-10(15)16)6-8-5-9(12)11(13)17-8/h5,7H,3-4,6H2,1-2H3,(H,15,16). The summed E-state index contributed by atoms with van der Waals surface area (Å²) in [7, 11) is 0. The molecule has 96 valence electrons. The molecular formula is C11H15Br2NO3. The van der Waals surface area contributed by atoms with Gasteiger partial charge in [0.25, 0.3) is 0 Å². The largest absolute Gasteiger partial charge is 0.481 e. The Hall–Kier alpha value is -0.330. The van der Waals surface area contributed by atoms with E-state index >= 15 is 0 Å². The molecule has 0 radical (unpaired) electrons. The molecule has 0 saturated heterocycles. The van der Waals surface area contributed by atoms with Crippen LogP contribution in [0.1, 0.15) is 26.0 Å². The molecule has 17 heavy (non-hydrogen) atoms. The number of rotatable bonds is 6. The SMILES string of the molecule is CCN(Cc1cc(Br)c(Br)o1)C(C)CC(=O)O. The first-order valence-electron chi connectivity index (χ1n) is 5.33. The second kappa shape index (κ2) is 6.56. The molecule has 6 heteroatoms. The zero-order valence-electron chi connectivity index (χ0n) is 9.74. The van der Waals surface area contributed by atoms with Gasteiger partial charge in [-0.05, 0) is 51.4 Å². The zero-order chi connectivity index (χ0) is 13.0. The van der Waals surface area contributed by atoms with E-state index in [4.69, 9.17) is 9.52 Å². The highest BCUT2D eigenvalue weighted by Gasteiger charge is 2.17. The van der Waals surface area contributed by atoms with Crippen molar-refractivity contribution < 1.29 is 14.3 Å². The Morgan fingerprint density at radius 3 is 2.65 bits per heavy atom. The van der Waals surface area contributed by atoms with Crippen molar-refractivity contribution in [1.29, 1.82) is 0 Å². The van der Waals surface area contributed by atoms with E-state index in [1.807, 2.05) is 19.9 Å². The van der Waals surface area contributed by atoms with Crippen molar-refractivity contribution in [3.63, 3.8) is 0 Å². The molecule has 0 aliphatic rings. The van der Waals surface area contributed by atoms with Crippen LogP contribution in [0.25, 0.3) is 0 Å². The van der Waals surface area contributed by atoms with Crippen LogP contribution in [-0.2, 0) is 11.3 Å². The normalized spacial score (nSPS) is 13.0. The molecule has 1 aromatic rings. The molecule has 4 nitrogen and oxygen atoms in total. The van der Waals surface area contributed by atoms with Crippen molar-refractivity contribution in [2.75, 3.05) is 6.54 Å². The number of carbonyl (C=O) groups is 1. The molecule has 1 heterocycles. The molecule has 1 unspecified atom stereocenters. The summed E-state index contributed by atoms with van der Waals surface area (Å²) in [5.74, 6) is 0.0283. The smallest absolute Gasteiger partial charge is 0.304 e. The summed E-state index contributed by atoms with van der Waals surface area (Å²) in [5, 5.41) is 8.78. The van der Waals surface area contributed by atoms with Gasteiger partial charge in [-0.15, -0.1) is 0 Å². The highest BCUT2D eigenvalue weighted by molar-refractivity contribution is 9.13. The number of carboxylic acid groups (broad SMARTS) is 1. The van der Waals surface area contributed by atoms with E-state index in [2.05, 4.69) is 36.8 Å². The molecule has 0 saturated carbocycles. The molecule has 0 aliphatic heterocycles. The molecule has 0 spiro atoms. The van der Waals surface area contributed by atoms with Gasteiger partial charge in [0.1, 0.15) is 5.76 Å². The van der Waals surface area contributed by atoms with E-state index in [-0.39, 0.29) is 12.5 Å². The zero-order valence-corrected chi connectivity index (χ0v) is 12.9. The number of nitrogens with zero attached hydrogens (tertiary/aromatic N) is 1. The van der Waals surface area contributed by atoms with Crippen LogP contribution in [0.4, 0.5) is 0 Å². The van der Waals surface area contributed by atoms with Gasteiger partial charge < -0.3 is 9.52 Å². The first-order chi connectivity index (χ1) is 7.93. The maximum atomic E-state index is 10.7. The molecule has 1 aromatic heterocycles. The highest BCUT2D eigenvalue weighted by atomic mass is 79.9. The number of furan rings is 1. The van der Waals surface area contributed by atoms with Crippen LogP contribution in [0.15, 0.2) is 19.6 Å². The molecular weight excluding hydrogens is 354 g/mol. The lowest BCUT2D eigenvalue weighted by Crippen LogP contribution is -2.33. The minimum absolute atomic E-state index is 0.0137. The fourth-order valence-electron chi connectivity index (χ4n) is 1.63. The fraction of sp³-hybridized carbons (Fsp3) is 0.545. The number of aliphatic carboxylic acids is 1. The lowest BCUT2D eigenvalue weighted by atomic mass is 10.2. The summed E-state index contributed by atoms with van der Waals surface area (Å²) >= 11 is 6.63. The van der Waals surface area contributed by atoms with Gasteiger partial charge in [-0.1, -0.05) is 6.92 Å². The summed E-state index contributed by atoms with van der Waals surface area (Å²) < 4.78 is 7.01. The van der Waals surface area contributed by atoms with Crippen molar-refractivity contribution in [2.24, 2.45) is 0 Å². The molecule has 0 fully saturated rings. The van der Waals surface area contributed by atoms with Gasteiger partial charge in [0.15, 0.2) is 4.67 Å². The van der Waals surface area contributed by atoms with Gasteiger partial charge in [0.2, 0.25) is 0 Å². The van der Waals surface area contributed by atoms with Crippen molar-refractivity contribution in [3.8, 4) is 0 Å². The van der Waals surface area contributed by atoms with Gasteiger partial charge in [-0.25, -0.2) is 0 Å². The van der Waals surface area contributed by atoms with E-state index < -0.39 is 5.97 Å². The van der Waals surface area contributed by atoms with Crippen molar-refractivity contribution in [3.05, 3.63) is 21.0 Å². The first kappa shape index (κ1) is 14.7. The lowest BCUT2D eigenvalue weighted by Gasteiger charge is -2.25. The van der Waals surface area contributed by atoms with E-state index in [9.17, 15) is 4.79 Å². The number of halogens is 2. The van der Waals surface area contributed by atoms with Crippen molar-refractivity contribution >= 4 is 37.8 Å². The van der Waals surface area contributed by atoms with Crippen LogP contribution < -0.4 is 0 Å². The Morgan fingerprint density at radius 1 is 1.59 bits per heavy atom. The predicted molar refractivity (Wildman–Crippen MR) is 71.9 cm³/mol. The lowest BCUT2D eigenvalue weighted by molar-refractivity contribution is -0.138. The van der Waals surface area contributed by atoms with E-state index in [0.717, 1.165) is 16.8 Å². The van der Waals surface area contributed by atoms with E-state index in [1.54, 1.807) is 0 Å². The molecule has 0 bridgehead atoms. The summed E-state index contributed by atoms with van der Waals surface area (Å²) in [4.78, 5) is 12.7. The third-order valence-corrected chi connectivity index (χ3v) is 4.26. The summed E-state index contributed by atoms with van der Waals surface area (Å²) in [6.07, 6.45) is 0.136.